The first-order valence-corrected chi connectivity index (χ1v) is 37.2. The molecule has 88 heavy (non-hydrogen) atoms. The van der Waals surface area contributed by atoms with Gasteiger partial charge in [0.15, 0.2) is 0 Å². The second kappa shape index (κ2) is 44.4. The molecule has 1 aliphatic carbocycles. The van der Waals surface area contributed by atoms with Crippen molar-refractivity contribution >= 4 is 0 Å². The third kappa shape index (κ3) is 27.4. The molecule has 4 aromatic carbocycles. The molecule has 0 amide bonds. The highest BCUT2D eigenvalue weighted by molar-refractivity contribution is 5.57. The minimum absolute atomic E-state index is 0.259. The summed E-state index contributed by atoms with van der Waals surface area (Å²) in [5.41, 5.74) is 11.2. The van der Waals surface area contributed by atoms with Crippen molar-refractivity contribution in [1.29, 1.82) is 0 Å². The summed E-state index contributed by atoms with van der Waals surface area (Å²) in [4.78, 5) is 10.6. The van der Waals surface area contributed by atoms with E-state index in [0.29, 0.717) is 25.7 Å². The maximum atomic E-state index is 12.9. The van der Waals surface area contributed by atoms with E-state index in [2.05, 4.69) is 124 Å². The van der Waals surface area contributed by atoms with Gasteiger partial charge < -0.3 is 20.4 Å². The molecule has 0 atom stereocenters. The Kier molecular flexibility index (Phi) is 37.7. The molecule has 0 saturated carbocycles. The van der Waals surface area contributed by atoms with E-state index < -0.39 is 0 Å². The Labute approximate surface area is 540 Å². The molecule has 8 heteroatoms. The molecule has 0 unspecified atom stereocenters. The number of phenols is 4. The number of unbranched alkanes of at least 4 members (excludes halogenated alkanes) is 24. The normalized spacial score (nSPS) is 12.7. The van der Waals surface area contributed by atoms with Crippen LogP contribution in [0.15, 0.2) is 48.5 Å². The van der Waals surface area contributed by atoms with Crippen molar-refractivity contribution in [3.8, 4) is 23.0 Å². The molecule has 8 nitrogen and oxygen atoms in total. The number of nitrogens with zero attached hydrogens (tertiary/aromatic N) is 4. The number of hydrogen-bond acceptors (Lipinski definition) is 8. The second-order valence-corrected chi connectivity index (χ2v) is 27.3. The standard InChI is InChI=1S/C80H132N4O4/c1-9-17-25-33-41-81(42-34-26-18-10-2)61-65-49-69-57-71-51-66(62-82(43-35-27-19-11-3)44-36-28-20-12-4)53-73(78(71)86)59-75-55-68(64-84(47-39-31-23-15-7)48-40-32-24-16-8)56-76(80(75)88)60-74-54-67(52-72(79(74)87)58-70(50-65)77(69)85)63-83(45-37-29-21-13-5)46-38-30-22-14-6/h49-56,85-88H,9-48,57-64H2,1-8H3. The zero-order chi connectivity index (χ0) is 63.1. The van der Waals surface area contributed by atoms with Crippen LogP contribution in [0.2, 0.25) is 0 Å². The van der Waals surface area contributed by atoms with Gasteiger partial charge >= 0.3 is 0 Å². The minimum Gasteiger partial charge on any atom is -0.507 e. The number of benzene rings is 4. The summed E-state index contributed by atoms with van der Waals surface area (Å²) >= 11 is 0. The van der Waals surface area contributed by atoms with Crippen LogP contribution in [-0.2, 0) is 51.9 Å². The van der Waals surface area contributed by atoms with Gasteiger partial charge in [-0.1, -0.05) is 258 Å². The Morgan fingerprint density at radius 3 is 0.477 bits per heavy atom. The van der Waals surface area contributed by atoms with E-state index in [-0.39, 0.29) is 23.0 Å². The van der Waals surface area contributed by atoms with Crippen LogP contribution in [0.25, 0.3) is 0 Å². The fourth-order valence-corrected chi connectivity index (χ4v) is 13.8. The summed E-state index contributed by atoms with van der Waals surface area (Å²) in [7, 11) is 0. The maximum absolute atomic E-state index is 12.9. The average Bonchev–Trinajstić information content (AvgIpc) is 2.14. The first-order chi connectivity index (χ1) is 43.0. The van der Waals surface area contributed by atoms with Gasteiger partial charge in [-0.2, -0.15) is 0 Å². The van der Waals surface area contributed by atoms with Crippen LogP contribution >= 0.6 is 0 Å². The predicted octanol–water partition coefficient (Wildman–Crippen LogP) is 21.0. The summed E-state index contributed by atoms with van der Waals surface area (Å²) in [5.74, 6) is 1.03. The second-order valence-electron chi connectivity index (χ2n) is 27.3. The molecular weight excluding hydrogens is 1080 g/mol. The van der Waals surface area contributed by atoms with Crippen molar-refractivity contribution < 1.29 is 20.4 Å². The molecule has 0 spiro atoms. The quantitative estimate of drug-likeness (QED) is 0.0286. The van der Waals surface area contributed by atoms with Gasteiger partial charge in [-0.05, 0) is 170 Å². The third-order valence-electron chi connectivity index (χ3n) is 19.1. The van der Waals surface area contributed by atoms with E-state index in [4.69, 9.17) is 0 Å². The van der Waals surface area contributed by atoms with E-state index in [9.17, 15) is 20.4 Å². The molecule has 8 bridgehead atoms. The van der Waals surface area contributed by atoms with Crippen LogP contribution in [0.3, 0.4) is 0 Å². The van der Waals surface area contributed by atoms with Gasteiger partial charge in [-0.3, -0.25) is 19.6 Å². The van der Waals surface area contributed by atoms with Crippen molar-refractivity contribution in [2.24, 2.45) is 0 Å². The van der Waals surface area contributed by atoms with Crippen molar-refractivity contribution in [3.05, 3.63) is 115 Å². The molecule has 0 radical (unpaired) electrons. The highest BCUT2D eigenvalue weighted by Gasteiger charge is 2.24. The molecule has 0 fully saturated rings. The Morgan fingerprint density at radius 2 is 0.352 bits per heavy atom. The lowest BCUT2D eigenvalue weighted by Crippen LogP contribution is -2.26. The van der Waals surface area contributed by atoms with Gasteiger partial charge in [0.1, 0.15) is 23.0 Å². The Balaban J connectivity index is 1.77. The smallest absolute Gasteiger partial charge is 0.122 e. The van der Waals surface area contributed by atoms with Crippen LogP contribution < -0.4 is 0 Å². The van der Waals surface area contributed by atoms with Gasteiger partial charge in [0.25, 0.3) is 0 Å². The Bertz CT molecular complexity index is 2020. The summed E-state index contributed by atoms with van der Waals surface area (Å²) in [6.45, 7) is 29.8. The molecule has 5 rings (SSSR count). The lowest BCUT2D eigenvalue weighted by Gasteiger charge is -2.26. The summed E-state index contributed by atoms with van der Waals surface area (Å²) in [6, 6.07) is 17.9. The van der Waals surface area contributed by atoms with Crippen LogP contribution in [0, 0.1) is 0 Å². The number of aromatic hydroxyl groups is 4. The first-order valence-electron chi connectivity index (χ1n) is 37.2. The maximum Gasteiger partial charge on any atom is 0.122 e. The van der Waals surface area contributed by atoms with E-state index in [1.165, 1.54) is 228 Å². The lowest BCUT2D eigenvalue weighted by atomic mass is 9.88. The average molecular weight is 1210 g/mol. The largest absolute Gasteiger partial charge is 0.507 e. The molecule has 0 saturated heterocycles. The summed E-state index contributed by atoms with van der Waals surface area (Å²) in [5, 5.41) is 51.7. The van der Waals surface area contributed by atoms with Gasteiger partial charge in [0.2, 0.25) is 0 Å². The highest BCUT2D eigenvalue weighted by Crippen LogP contribution is 2.40. The lowest BCUT2D eigenvalue weighted by molar-refractivity contribution is 0.252. The molecule has 0 heterocycles. The molecule has 496 valence electrons. The molecule has 4 aromatic rings. The molecule has 0 aliphatic heterocycles. The summed E-state index contributed by atoms with van der Waals surface area (Å²) in [6.07, 6.45) is 40.4. The van der Waals surface area contributed by atoms with Crippen LogP contribution in [0.4, 0.5) is 0 Å². The number of phenolic OH excluding ortho intramolecular Hbond substituents is 4. The van der Waals surface area contributed by atoms with Crippen molar-refractivity contribution in [1.82, 2.24) is 19.6 Å². The van der Waals surface area contributed by atoms with Gasteiger partial charge in [-0.25, -0.2) is 0 Å². The van der Waals surface area contributed by atoms with Crippen LogP contribution in [0.1, 0.15) is 328 Å². The summed E-state index contributed by atoms with van der Waals surface area (Å²) < 4.78 is 0. The Morgan fingerprint density at radius 1 is 0.216 bits per heavy atom. The molecule has 1 aliphatic rings. The van der Waals surface area contributed by atoms with Gasteiger partial charge in [0.05, 0.1) is 0 Å². The van der Waals surface area contributed by atoms with E-state index in [1.807, 2.05) is 0 Å². The monoisotopic (exact) mass is 1210 g/mol. The van der Waals surface area contributed by atoms with Crippen LogP contribution in [0.5, 0.6) is 23.0 Å². The van der Waals surface area contributed by atoms with E-state index in [1.54, 1.807) is 0 Å². The number of hydrogen-bond donors (Lipinski definition) is 4. The van der Waals surface area contributed by atoms with E-state index >= 15 is 0 Å². The Hall–Kier alpha value is -4.08. The fraction of sp³-hybridized carbons (Fsp3) is 0.700. The third-order valence-corrected chi connectivity index (χ3v) is 19.1. The topological polar surface area (TPSA) is 93.9 Å². The van der Waals surface area contributed by atoms with Gasteiger partial charge in [-0.15, -0.1) is 0 Å². The molecule has 0 aromatic heterocycles. The van der Waals surface area contributed by atoms with Crippen molar-refractivity contribution in [2.75, 3.05) is 52.4 Å². The zero-order valence-electron chi connectivity index (χ0n) is 58.1. The van der Waals surface area contributed by atoms with Crippen molar-refractivity contribution in [2.45, 2.75) is 313 Å². The number of fused-ring (bicyclic) bond motifs is 8. The van der Waals surface area contributed by atoms with Crippen molar-refractivity contribution in [3.63, 3.8) is 0 Å². The van der Waals surface area contributed by atoms with E-state index in [0.717, 1.165) is 123 Å². The van der Waals surface area contributed by atoms with Gasteiger partial charge in [0, 0.05) is 51.9 Å². The predicted molar refractivity (Wildman–Crippen MR) is 378 cm³/mol. The zero-order valence-corrected chi connectivity index (χ0v) is 58.1. The molecular formula is C80H132N4O4. The van der Waals surface area contributed by atoms with Crippen LogP contribution in [-0.4, -0.2) is 92.4 Å². The molecule has 4 N–H and O–H groups in total. The first kappa shape index (κ1) is 74.6. The SMILES string of the molecule is CCCCCCN(CCCCCC)Cc1cc2c(O)c(c1)Cc1cc(CN(CCCCCC)CCCCCC)cc(c1O)Cc1cc(CN(CCCCCC)CCCCCC)cc(c1O)Cc1cc(CN(CCCCCC)CCCCCC)cc(c1O)C2. The minimum atomic E-state index is 0.259. The number of rotatable bonds is 48. The fourth-order valence-electron chi connectivity index (χ4n) is 13.8. The highest BCUT2D eigenvalue weighted by atomic mass is 16.3.